The molecule has 0 aliphatic rings. The minimum atomic E-state index is 0.486. The number of hydrogen-bond acceptors (Lipinski definition) is 3. The standard InChI is InChI=1S/C9H13N3/c1-8(7-10)11-12-9-5-3-2-4-6-9/h2-6,12H,7,10H2,1H3/b11-8-. The average Bonchev–Trinajstić information content (AvgIpc) is 2.16. The van der Waals surface area contributed by atoms with Crippen molar-refractivity contribution in [2.24, 2.45) is 10.8 Å². The summed E-state index contributed by atoms with van der Waals surface area (Å²) in [6.45, 7) is 2.37. The van der Waals surface area contributed by atoms with Crippen molar-refractivity contribution in [2.45, 2.75) is 6.92 Å². The lowest BCUT2D eigenvalue weighted by molar-refractivity contribution is 1.23. The van der Waals surface area contributed by atoms with Crippen molar-refractivity contribution in [3.8, 4) is 0 Å². The van der Waals surface area contributed by atoms with Crippen molar-refractivity contribution in [3.05, 3.63) is 30.3 Å². The van der Waals surface area contributed by atoms with Gasteiger partial charge in [0.05, 0.1) is 5.69 Å². The maximum atomic E-state index is 5.37. The Morgan fingerprint density at radius 1 is 1.42 bits per heavy atom. The smallest absolute Gasteiger partial charge is 0.0561 e. The predicted molar refractivity (Wildman–Crippen MR) is 52.2 cm³/mol. The third kappa shape index (κ3) is 2.72. The molecule has 0 aliphatic heterocycles. The number of hydrogen-bond donors (Lipinski definition) is 2. The summed E-state index contributed by atoms with van der Waals surface area (Å²) in [5.41, 5.74) is 10.1. The Balaban J connectivity index is 2.54. The van der Waals surface area contributed by atoms with E-state index in [2.05, 4.69) is 10.5 Å². The van der Waals surface area contributed by atoms with Crippen LogP contribution < -0.4 is 11.2 Å². The molecular formula is C9H13N3. The van der Waals surface area contributed by atoms with Crippen molar-refractivity contribution in [1.82, 2.24) is 0 Å². The van der Waals surface area contributed by atoms with Crippen molar-refractivity contribution in [2.75, 3.05) is 12.0 Å². The second-order valence-electron chi connectivity index (χ2n) is 2.53. The first-order valence-corrected chi connectivity index (χ1v) is 3.87. The zero-order chi connectivity index (χ0) is 8.81. The molecule has 12 heavy (non-hydrogen) atoms. The SMILES string of the molecule is C/C(CN)=N/Nc1ccccc1. The van der Waals surface area contributed by atoms with Crippen LogP contribution in [-0.4, -0.2) is 12.3 Å². The first kappa shape index (κ1) is 8.74. The Labute approximate surface area is 72.3 Å². The topological polar surface area (TPSA) is 50.4 Å². The van der Waals surface area contributed by atoms with E-state index in [9.17, 15) is 0 Å². The molecule has 0 atom stereocenters. The third-order valence-corrected chi connectivity index (χ3v) is 1.45. The highest BCUT2D eigenvalue weighted by Crippen LogP contribution is 2.03. The number of hydrazone groups is 1. The molecule has 3 nitrogen and oxygen atoms in total. The first-order chi connectivity index (χ1) is 5.83. The lowest BCUT2D eigenvalue weighted by atomic mass is 10.3. The quantitative estimate of drug-likeness (QED) is 0.523. The highest BCUT2D eigenvalue weighted by molar-refractivity contribution is 5.84. The molecule has 0 saturated carbocycles. The molecule has 0 fully saturated rings. The van der Waals surface area contributed by atoms with E-state index in [4.69, 9.17) is 5.73 Å². The second kappa shape index (κ2) is 4.51. The summed E-state index contributed by atoms with van der Waals surface area (Å²) in [7, 11) is 0. The van der Waals surface area contributed by atoms with Crippen LogP contribution in [0.4, 0.5) is 5.69 Å². The summed E-state index contributed by atoms with van der Waals surface area (Å²) in [5.74, 6) is 0. The zero-order valence-corrected chi connectivity index (χ0v) is 7.12. The molecule has 1 aromatic carbocycles. The summed E-state index contributed by atoms with van der Waals surface area (Å²) in [6, 6.07) is 9.77. The third-order valence-electron chi connectivity index (χ3n) is 1.45. The van der Waals surface area contributed by atoms with Crippen LogP contribution in [0.3, 0.4) is 0 Å². The first-order valence-electron chi connectivity index (χ1n) is 3.87. The van der Waals surface area contributed by atoms with Gasteiger partial charge in [-0.25, -0.2) is 0 Å². The molecule has 0 bridgehead atoms. The highest BCUT2D eigenvalue weighted by atomic mass is 15.3. The molecule has 0 unspecified atom stereocenters. The molecule has 0 spiro atoms. The van der Waals surface area contributed by atoms with Crippen LogP contribution in [0.15, 0.2) is 35.4 Å². The van der Waals surface area contributed by atoms with Crippen molar-refractivity contribution < 1.29 is 0 Å². The van der Waals surface area contributed by atoms with Crippen molar-refractivity contribution in [1.29, 1.82) is 0 Å². The molecule has 0 aromatic heterocycles. The summed E-state index contributed by atoms with van der Waals surface area (Å²) in [4.78, 5) is 0. The Morgan fingerprint density at radius 3 is 2.67 bits per heavy atom. The van der Waals surface area contributed by atoms with Gasteiger partial charge >= 0.3 is 0 Å². The van der Waals surface area contributed by atoms with Gasteiger partial charge in [0, 0.05) is 12.3 Å². The van der Waals surface area contributed by atoms with E-state index in [1.165, 1.54) is 0 Å². The van der Waals surface area contributed by atoms with Gasteiger partial charge in [-0.1, -0.05) is 18.2 Å². The number of rotatable bonds is 3. The molecule has 0 radical (unpaired) electrons. The number of nitrogens with zero attached hydrogens (tertiary/aromatic N) is 1. The molecular weight excluding hydrogens is 150 g/mol. The number of benzene rings is 1. The van der Waals surface area contributed by atoms with Gasteiger partial charge in [0.25, 0.3) is 0 Å². The van der Waals surface area contributed by atoms with E-state index < -0.39 is 0 Å². The molecule has 0 aliphatic carbocycles. The summed E-state index contributed by atoms with van der Waals surface area (Å²) in [5, 5.41) is 4.05. The number of nitrogens with one attached hydrogen (secondary N) is 1. The molecule has 1 rings (SSSR count). The monoisotopic (exact) mass is 163 g/mol. The van der Waals surface area contributed by atoms with Crippen LogP contribution in [0.5, 0.6) is 0 Å². The fourth-order valence-corrected chi connectivity index (χ4v) is 0.718. The number of nitrogens with two attached hydrogens (primary N) is 1. The summed E-state index contributed by atoms with van der Waals surface area (Å²) >= 11 is 0. The van der Waals surface area contributed by atoms with Crippen molar-refractivity contribution >= 4 is 11.4 Å². The highest BCUT2D eigenvalue weighted by Gasteiger charge is 1.86. The minimum Gasteiger partial charge on any atom is -0.325 e. The van der Waals surface area contributed by atoms with Gasteiger partial charge < -0.3 is 5.73 Å². The van der Waals surface area contributed by atoms with Gasteiger partial charge in [-0.3, -0.25) is 5.43 Å². The van der Waals surface area contributed by atoms with E-state index in [0.717, 1.165) is 11.4 Å². The maximum Gasteiger partial charge on any atom is 0.0561 e. The molecule has 0 heterocycles. The van der Waals surface area contributed by atoms with Gasteiger partial charge in [0.2, 0.25) is 0 Å². The second-order valence-corrected chi connectivity index (χ2v) is 2.53. The fraction of sp³-hybridized carbons (Fsp3) is 0.222. The van der Waals surface area contributed by atoms with Crippen LogP contribution >= 0.6 is 0 Å². The zero-order valence-electron chi connectivity index (χ0n) is 7.12. The Hall–Kier alpha value is -1.35. The van der Waals surface area contributed by atoms with Gasteiger partial charge in [-0.05, 0) is 19.1 Å². The molecule has 0 amide bonds. The van der Waals surface area contributed by atoms with Crippen molar-refractivity contribution in [3.63, 3.8) is 0 Å². The Kier molecular flexibility index (Phi) is 3.29. The van der Waals surface area contributed by atoms with Crippen LogP contribution in [0.1, 0.15) is 6.92 Å². The number of anilines is 1. The van der Waals surface area contributed by atoms with Crippen LogP contribution in [-0.2, 0) is 0 Å². The summed E-state index contributed by atoms with van der Waals surface area (Å²) in [6.07, 6.45) is 0. The lowest BCUT2D eigenvalue weighted by Crippen LogP contribution is -2.11. The Morgan fingerprint density at radius 2 is 2.08 bits per heavy atom. The van der Waals surface area contributed by atoms with E-state index in [1.807, 2.05) is 37.3 Å². The van der Waals surface area contributed by atoms with Gasteiger partial charge in [0.1, 0.15) is 0 Å². The minimum absolute atomic E-state index is 0.486. The Bertz CT molecular complexity index is 254. The lowest BCUT2D eigenvalue weighted by Gasteiger charge is -2.00. The van der Waals surface area contributed by atoms with Gasteiger partial charge in [-0.15, -0.1) is 0 Å². The maximum absolute atomic E-state index is 5.37. The van der Waals surface area contributed by atoms with E-state index >= 15 is 0 Å². The molecule has 0 saturated heterocycles. The normalized spacial score (nSPS) is 11.3. The van der Waals surface area contributed by atoms with Crippen LogP contribution in [0, 0.1) is 0 Å². The molecule has 64 valence electrons. The molecule has 1 aromatic rings. The van der Waals surface area contributed by atoms with Gasteiger partial charge in [-0.2, -0.15) is 5.10 Å². The molecule has 3 heteroatoms. The van der Waals surface area contributed by atoms with E-state index in [-0.39, 0.29) is 0 Å². The largest absolute Gasteiger partial charge is 0.325 e. The predicted octanol–water partition coefficient (Wildman–Crippen LogP) is 1.43. The van der Waals surface area contributed by atoms with E-state index in [0.29, 0.717) is 6.54 Å². The fourth-order valence-electron chi connectivity index (χ4n) is 0.718. The molecule has 3 N–H and O–H groups in total. The van der Waals surface area contributed by atoms with Gasteiger partial charge in [0.15, 0.2) is 0 Å². The van der Waals surface area contributed by atoms with Crippen LogP contribution in [0.2, 0.25) is 0 Å². The summed E-state index contributed by atoms with van der Waals surface area (Å²) < 4.78 is 0. The number of para-hydroxylation sites is 1. The average molecular weight is 163 g/mol. The van der Waals surface area contributed by atoms with Crippen LogP contribution in [0.25, 0.3) is 0 Å². The van der Waals surface area contributed by atoms with E-state index in [1.54, 1.807) is 0 Å².